The summed E-state index contributed by atoms with van der Waals surface area (Å²) in [7, 11) is -1.36. The lowest BCUT2D eigenvalue weighted by Gasteiger charge is -2.32. The number of aromatic nitrogens is 1. The van der Waals surface area contributed by atoms with Crippen LogP contribution in [0.3, 0.4) is 0 Å². The van der Waals surface area contributed by atoms with E-state index in [4.69, 9.17) is 5.73 Å². The molecule has 3 heterocycles. The van der Waals surface area contributed by atoms with E-state index in [1.807, 2.05) is 36.5 Å². The van der Waals surface area contributed by atoms with E-state index in [9.17, 15) is 13.2 Å². The van der Waals surface area contributed by atoms with Crippen molar-refractivity contribution >= 4 is 56.3 Å². The first-order valence-corrected chi connectivity index (χ1v) is 12.5. The highest BCUT2D eigenvalue weighted by Crippen LogP contribution is 2.34. The third kappa shape index (κ3) is 5.53. The number of benzene rings is 1. The van der Waals surface area contributed by atoms with Crippen molar-refractivity contribution in [2.45, 2.75) is 13.1 Å². The standard InChI is InChI=1S/C21H26N4O3S2.2ClH/c1-23-14-19(16-5-3-15(12-22)4-6-16)20-18(21(23)26)11-17(29-20)13-24-7-9-25(10-8-24)30(2,27)28;;/h3-6,11,14H,7-10,12-13,22H2,1-2H3;2*1H. The molecule has 1 aliphatic rings. The van der Waals surface area contributed by atoms with Gasteiger partial charge in [0.25, 0.3) is 5.56 Å². The van der Waals surface area contributed by atoms with Gasteiger partial charge in [0, 0.05) is 67.7 Å². The van der Waals surface area contributed by atoms with Crippen LogP contribution in [0.2, 0.25) is 0 Å². The topological polar surface area (TPSA) is 88.6 Å². The fourth-order valence-electron chi connectivity index (χ4n) is 3.85. The minimum Gasteiger partial charge on any atom is -0.326 e. The normalized spacial score (nSPS) is 15.3. The van der Waals surface area contributed by atoms with Gasteiger partial charge in [-0.25, -0.2) is 8.42 Å². The molecule has 1 fully saturated rings. The molecule has 11 heteroatoms. The fourth-order valence-corrected chi connectivity index (χ4v) is 5.89. The van der Waals surface area contributed by atoms with Gasteiger partial charge >= 0.3 is 0 Å². The van der Waals surface area contributed by atoms with E-state index in [-0.39, 0.29) is 30.4 Å². The minimum absolute atomic E-state index is 0. The zero-order valence-corrected chi connectivity index (χ0v) is 21.2. The third-order valence-electron chi connectivity index (χ3n) is 5.58. The van der Waals surface area contributed by atoms with Crippen LogP contribution in [0.4, 0.5) is 0 Å². The number of hydrogen-bond acceptors (Lipinski definition) is 6. The number of aryl methyl sites for hydroxylation is 1. The number of piperazine rings is 1. The Bertz CT molecular complexity index is 1230. The quantitative estimate of drug-likeness (QED) is 0.560. The first-order valence-electron chi connectivity index (χ1n) is 9.85. The highest BCUT2D eigenvalue weighted by Gasteiger charge is 2.24. The number of nitrogens with two attached hydrogens (primary N) is 1. The number of hydrogen-bond donors (Lipinski definition) is 1. The minimum atomic E-state index is -3.14. The smallest absolute Gasteiger partial charge is 0.259 e. The molecule has 0 aliphatic carbocycles. The second-order valence-electron chi connectivity index (χ2n) is 7.75. The van der Waals surface area contributed by atoms with Crippen molar-refractivity contribution in [3.8, 4) is 11.1 Å². The van der Waals surface area contributed by atoms with Crippen molar-refractivity contribution < 1.29 is 8.42 Å². The van der Waals surface area contributed by atoms with E-state index in [1.165, 1.54) is 10.6 Å². The maximum Gasteiger partial charge on any atom is 0.259 e. The number of pyridine rings is 1. The largest absolute Gasteiger partial charge is 0.326 e. The predicted molar refractivity (Wildman–Crippen MR) is 137 cm³/mol. The maximum atomic E-state index is 12.7. The van der Waals surface area contributed by atoms with Crippen LogP contribution < -0.4 is 11.3 Å². The van der Waals surface area contributed by atoms with Crippen molar-refractivity contribution in [1.29, 1.82) is 0 Å². The number of rotatable bonds is 5. The van der Waals surface area contributed by atoms with Crippen LogP contribution in [0.1, 0.15) is 10.4 Å². The van der Waals surface area contributed by atoms with E-state index in [1.54, 1.807) is 23.0 Å². The summed E-state index contributed by atoms with van der Waals surface area (Å²) < 4.78 is 27.6. The van der Waals surface area contributed by atoms with E-state index >= 15 is 0 Å². The van der Waals surface area contributed by atoms with Gasteiger partial charge in [-0.05, 0) is 17.2 Å². The van der Waals surface area contributed by atoms with E-state index in [2.05, 4.69) is 4.90 Å². The molecule has 0 unspecified atom stereocenters. The number of sulfonamides is 1. The first-order chi connectivity index (χ1) is 14.3. The second-order valence-corrected chi connectivity index (χ2v) is 10.9. The van der Waals surface area contributed by atoms with Gasteiger partial charge in [-0.2, -0.15) is 4.31 Å². The predicted octanol–water partition coefficient (Wildman–Crippen LogP) is 2.65. The lowest BCUT2D eigenvalue weighted by Crippen LogP contribution is -2.47. The summed E-state index contributed by atoms with van der Waals surface area (Å²) >= 11 is 1.64. The molecule has 0 radical (unpaired) electrons. The van der Waals surface area contributed by atoms with E-state index in [0.717, 1.165) is 31.7 Å². The highest BCUT2D eigenvalue weighted by atomic mass is 35.5. The molecule has 0 bridgehead atoms. The molecule has 32 heavy (non-hydrogen) atoms. The molecule has 3 aromatic rings. The Morgan fingerprint density at radius 2 is 1.69 bits per heavy atom. The number of halogens is 2. The van der Waals surface area contributed by atoms with Crippen LogP contribution in [0, 0.1) is 0 Å². The summed E-state index contributed by atoms with van der Waals surface area (Å²) in [6, 6.07) is 10.1. The Morgan fingerprint density at radius 1 is 1.06 bits per heavy atom. The lowest BCUT2D eigenvalue weighted by atomic mass is 10.0. The van der Waals surface area contributed by atoms with Gasteiger partial charge in [0.1, 0.15) is 0 Å². The summed E-state index contributed by atoms with van der Waals surface area (Å²) in [5, 5.41) is 0.729. The van der Waals surface area contributed by atoms with E-state index in [0.29, 0.717) is 39.3 Å². The number of fused-ring (bicyclic) bond motifs is 1. The third-order valence-corrected chi connectivity index (χ3v) is 8.04. The van der Waals surface area contributed by atoms with Gasteiger partial charge < -0.3 is 10.3 Å². The van der Waals surface area contributed by atoms with Crippen LogP contribution in [0.15, 0.2) is 41.3 Å². The summed E-state index contributed by atoms with van der Waals surface area (Å²) in [4.78, 5) is 16.1. The zero-order valence-electron chi connectivity index (χ0n) is 18.0. The molecule has 4 rings (SSSR count). The van der Waals surface area contributed by atoms with Crippen molar-refractivity contribution in [1.82, 2.24) is 13.8 Å². The van der Waals surface area contributed by atoms with Crippen molar-refractivity contribution in [3.05, 3.63) is 57.3 Å². The van der Waals surface area contributed by atoms with Gasteiger partial charge in [-0.3, -0.25) is 9.69 Å². The Labute approximate surface area is 204 Å². The summed E-state index contributed by atoms with van der Waals surface area (Å²) in [5.74, 6) is 0. The van der Waals surface area contributed by atoms with Gasteiger partial charge in [-0.1, -0.05) is 24.3 Å². The monoisotopic (exact) mass is 518 g/mol. The molecule has 0 saturated carbocycles. The second kappa shape index (κ2) is 10.6. The average molecular weight is 520 g/mol. The molecule has 0 atom stereocenters. The molecule has 2 N–H and O–H groups in total. The van der Waals surface area contributed by atoms with Crippen molar-refractivity contribution in [2.24, 2.45) is 12.8 Å². The molecular formula is C21H28Cl2N4O3S2. The lowest BCUT2D eigenvalue weighted by molar-refractivity contribution is 0.183. The Hall–Kier alpha value is -1.46. The Morgan fingerprint density at radius 3 is 2.25 bits per heavy atom. The first kappa shape index (κ1) is 26.8. The Balaban J connectivity index is 0.00000181. The fraction of sp³-hybridized carbons (Fsp3) is 0.381. The molecule has 1 aromatic carbocycles. The maximum absolute atomic E-state index is 12.7. The summed E-state index contributed by atoms with van der Waals surface area (Å²) in [6.07, 6.45) is 3.15. The SMILES string of the molecule is Cl.Cl.Cn1cc(-c2ccc(CN)cc2)c2sc(CN3CCN(S(C)(=O)=O)CC3)cc2c1=O. The summed E-state index contributed by atoms with van der Waals surface area (Å²) in [6.45, 7) is 3.60. The zero-order chi connectivity index (χ0) is 21.5. The van der Waals surface area contributed by atoms with Crippen LogP contribution in [0.25, 0.3) is 21.2 Å². The van der Waals surface area contributed by atoms with E-state index < -0.39 is 10.0 Å². The van der Waals surface area contributed by atoms with Crippen LogP contribution in [-0.4, -0.2) is 54.6 Å². The molecule has 0 amide bonds. The molecule has 1 saturated heterocycles. The number of thiophene rings is 1. The van der Waals surface area contributed by atoms with Gasteiger partial charge in [-0.15, -0.1) is 36.2 Å². The molecular weight excluding hydrogens is 491 g/mol. The van der Waals surface area contributed by atoms with Crippen LogP contribution in [-0.2, 0) is 30.2 Å². The molecule has 176 valence electrons. The van der Waals surface area contributed by atoms with Crippen molar-refractivity contribution in [2.75, 3.05) is 32.4 Å². The summed E-state index contributed by atoms with van der Waals surface area (Å²) in [5.41, 5.74) is 8.87. The molecule has 7 nitrogen and oxygen atoms in total. The highest BCUT2D eigenvalue weighted by molar-refractivity contribution is 7.88. The number of nitrogens with zero attached hydrogens (tertiary/aromatic N) is 3. The Kier molecular flexibility index (Phi) is 8.91. The van der Waals surface area contributed by atoms with Crippen LogP contribution >= 0.6 is 36.2 Å². The average Bonchev–Trinajstić information content (AvgIpc) is 3.14. The molecule has 2 aromatic heterocycles. The van der Waals surface area contributed by atoms with Gasteiger partial charge in [0.15, 0.2) is 0 Å². The van der Waals surface area contributed by atoms with Crippen molar-refractivity contribution in [3.63, 3.8) is 0 Å². The molecule has 1 aliphatic heterocycles. The molecule has 0 spiro atoms. The van der Waals surface area contributed by atoms with Gasteiger partial charge in [0.2, 0.25) is 10.0 Å². The van der Waals surface area contributed by atoms with Crippen LogP contribution in [0.5, 0.6) is 0 Å². The van der Waals surface area contributed by atoms with Gasteiger partial charge in [0.05, 0.1) is 11.6 Å².